The van der Waals surface area contributed by atoms with E-state index in [1.807, 2.05) is 27.7 Å². The van der Waals surface area contributed by atoms with Gasteiger partial charge < -0.3 is 9.88 Å². The fourth-order valence-electron chi connectivity index (χ4n) is 3.10. The first-order valence-corrected chi connectivity index (χ1v) is 13.6. The molecule has 0 bridgehead atoms. The van der Waals surface area contributed by atoms with Crippen molar-refractivity contribution < 1.29 is 13.2 Å². The van der Waals surface area contributed by atoms with E-state index >= 15 is 0 Å². The molecule has 0 aliphatic rings. The predicted octanol–water partition coefficient (Wildman–Crippen LogP) is 4.25. The molecule has 0 radical (unpaired) electrons. The van der Waals surface area contributed by atoms with Crippen molar-refractivity contribution in [2.75, 3.05) is 5.32 Å². The Morgan fingerprint density at radius 1 is 1.24 bits per heavy atom. The molecule has 1 aromatic carbocycles. The summed E-state index contributed by atoms with van der Waals surface area (Å²) in [6.45, 7) is 9.73. The first-order chi connectivity index (χ1) is 15.6. The zero-order valence-corrected chi connectivity index (χ0v) is 21.5. The van der Waals surface area contributed by atoms with Crippen LogP contribution >= 0.6 is 23.1 Å². The van der Waals surface area contributed by atoms with E-state index in [4.69, 9.17) is 0 Å². The molecule has 1 unspecified atom stereocenters. The van der Waals surface area contributed by atoms with Gasteiger partial charge in [0.2, 0.25) is 5.91 Å². The number of anilines is 1. The lowest BCUT2D eigenvalue weighted by atomic mass is 10.2. The van der Waals surface area contributed by atoms with E-state index < -0.39 is 15.1 Å². The fourth-order valence-corrected chi connectivity index (χ4v) is 6.32. The molecule has 2 heterocycles. The summed E-state index contributed by atoms with van der Waals surface area (Å²) in [5.74, 6) is -0.223. The lowest BCUT2D eigenvalue weighted by Crippen LogP contribution is -2.23. The number of sulfone groups is 1. The van der Waals surface area contributed by atoms with Crippen LogP contribution in [0.25, 0.3) is 0 Å². The number of nitrogens with zero attached hydrogens (tertiary/aromatic N) is 4. The smallest absolute Gasteiger partial charge is 0.238 e. The Morgan fingerprint density at radius 2 is 1.91 bits per heavy atom. The number of amides is 1. The molecule has 1 atom stereocenters. The van der Waals surface area contributed by atoms with Crippen LogP contribution < -0.4 is 5.32 Å². The van der Waals surface area contributed by atoms with Crippen LogP contribution in [-0.2, 0) is 26.9 Å². The minimum Gasteiger partial charge on any atom is -0.316 e. The van der Waals surface area contributed by atoms with Gasteiger partial charge in [-0.1, -0.05) is 29.5 Å². The number of nitriles is 1. The summed E-state index contributed by atoms with van der Waals surface area (Å²) >= 11 is 2.57. The Labute approximate surface area is 202 Å². The van der Waals surface area contributed by atoms with Gasteiger partial charge in [-0.25, -0.2) is 8.42 Å². The van der Waals surface area contributed by atoms with Gasteiger partial charge in [-0.15, -0.1) is 21.5 Å². The molecule has 3 rings (SSSR count). The van der Waals surface area contributed by atoms with Gasteiger partial charge in [-0.05, 0) is 52.3 Å². The monoisotopic (exact) mass is 503 g/mol. The van der Waals surface area contributed by atoms with Gasteiger partial charge in [0.15, 0.2) is 15.0 Å². The summed E-state index contributed by atoms with van der Waals surface area (Å²) in [5, 5.41) is 20.9. The predicted molar refractivity (Wildman–Crippen MR) is 130 cm³/mol. The topological polar surface area (TPSA) is 118 Å². The maximum absolute atomic E-state index is 12.8. The Morgan fingerprint density at radius 3 is 2.52 bits per heavy atom. The third-order valence-corrected chi connectivity index (χ3v) is 9.03. The lowest BCUT2D eigenvalue weighted by molar-refractivity contribution is -0.115. The minimum atomic E-state index is -3.59. The van der Waals surface area contributed by atoms with Crippen molar-refractivity contribution in [3.8, 4) is 6.07 Å². The molecular weight excluding hydrogens is 478 g/mol. The number of carbonyl (C=O) groups excluding carboxylic acids is 1. The number of benzene rings is 1. The summed E-state index contributed by atoms with van der Waals surface area (Å²) in [4.78, 5) is 14.0. The number of hydrogen-bond donors (Lipinski definition) is 1. The maximum Gasteiger partial charge on any atom is 0.238 e. The molecule has 174 valence electrons. The normalized spacial score (nSPS) is 12.4. The largest absolute Gasteiger partial charge is 0.316 e. The Bertz CT molecular complexity index is 1320. The molecular formula is C22H25N5O3S3. The highest BCUT2D eigenvalue weighted by Gasteiger charge is 2.25. The Balaban J connectivity index is 1.76. The molecule has 3 aromatic rings. The van der Waals surface area contributed by atoms with Crippen LogP contribution in [-0.4, -0.2) is 34.3 Å². The van der Waals surface area contributed by atoms with Crippen LogP contribution in [0.3, 0.4) is 0 Å². The number of hydrogen-bond acceptors (Lipinski definition) is 8. The van der Waals surface area contributed by atoms with Crippen molar-refractivity contribution >= 4 is 43.8 Å². The van der Waals surface area contributed by atoms with E-state index in [0.29, 0.717) is 28.1 Å². The van der Waals surface area contributed by atoms with Gasteiger partial charge in [0.25, 0.3) is 0 Å². The summed E-state index contributed by atoms with van der Waals surface area (Å²) in [6.07, 6.45) is 0. The van der Waals surface area contributed by atoms with Crippen molar-refractivity contribution in [2.45, 2.75) is 62.2 Å². The number of rotatable bonds is 8. The lowest BCUT2D eigenvalue weighted by Gasteiger charge is -2.12. The second kappa shape index (κ2) is 10.1. The number of aromatic nitrogens is 3. The zero-order valence-electron chi connectivity index (χ0n) is 19.0. The number of carbonyl (C=O) groups is 1. The highest BCUT2D eigenvalue weighted by molar-refractivity contribution is 8.00. The SMILES string of the molecule is CCn1c(CS(=O)(=O)c2ccc(C)cc2)nnc1SC(C)C(=O)Nc1sc(C)c(C)c1C#N. The molecule has 0 aliphatic heterocycles. The quantitative estimate of drug-likeness (QED) is 0.457. The first-order valence-electron chi connectivity index (χ1n) is 10.3. The highest BCUT2D eigenvalue weighted by Crippen LogP contribution is 2.33. The standard InChI is InChI=1S/C22H25N5O3S3/c1-6-27-19(12-33(29,30)17-9-7-13(2)8-10-17)25-26-22(27)32-16(5)20(28)24-21-18(11-23)14(3)15(4)31-21/h7-10,16H,6,12H2,1-5H3,(H,24,28). The molecule has 1 N–H and O–H groups in total. The van der Waals surface area contributed by atoms with E-state index in [2.05, 4.69) is 21.6 Å². The second-order valence-electron chi connectivity index (χ2n) is 7.56. The molecule has 33 heavy (non-hydrogen) atoms. The second-order valence-corrected chi connectivity index (χ2v) is 12.1. The van der Waals surface area contributed by atoms with Crippen LogP contribution in [0.2, 0.25) is 0 Å². The maximum atomic E-state index is 12.8. The van der Waals surface area contributed by atoms with Gasteiger partial charge in [0, 0.05) is 11.4 Å². The first kappa shape index (κ1) is 25.0. The number of thioether (sulfide) groups is 1. The third kappa shape index (κ3) is 5.46. The van der Waals surface area contributed by atoms with Gasteiger partial charge in [0.1, 0.15) is 22.6 Å². The van der Waals surface area contributed by atoms with Crippen LogP contribution in [0.1, 0.15) is 41.2 Å². The Kier molecular flexibility index (Phi) is 7.62. The molecule has 0 saturated heterocycles. The van der Waals surface area contributed by atoms with Crippen molar-refractivity contribution in [2.24, 2.45) is 0 Å². The van der Waals surface area contributed by atoms with E-state index in [1.54, 1.807) is 35.8 Å². The van der Waals surface area contributed by atoms with Crippen LogP contribution in [0.5, 0.6) is 0 Å². The summed E-state index contributed by atoms with van der Waals surface area (Å²) < 4.78 is 27.4. The average molecular weight is 504 g/mol. The average Bonchev–Trinajstić information content (AvgIpc) is 3.26. The third-order valence-electron chi connectivity index (χ3n) is 5.19. The molecule has 0 fully saturated rings. The van der Waals surface area contributed by atoms with Gasteiger partial charge in [-0.3, -0.25) is 4.79 Å². The minimum absolute atomic E-state index is 0.232. The van der Waals surface area contributed by atoms with Gasteiger partial charge in [-0.2, -0.15) is 5.26 Å². The fraction of sp³-hybridized carbons (Fsp3) is 0.364. The zero-order chi connectivity index (χ0) is 24.3. The van der Waals surface area contributed by atoms with E-state index in [0.717, 1.165) is 16.0 Å². The van der Waals surface area contributed by atoms with Gasteiger partial charge in [0.05, 0.1) is 15.7 Å². The summed E-state index contributed by atoms with van der Waals surface area (Å²) in [7, 11) is -3.59. The summed E-state index contributed by atoms with van der Waals surface area (Å²) in [5.41, 5.74) is 2.32. The molecule has 0 aliphatic carbocycles. The molecule has 8 nitrogen and oxygen atoms in total. The van der Waals surface area contributed by atoms with E-state index in [1.165, 1.54) is 23.1 Å². The van der Waals surface area contributed by atoms with Crippen molar-refractivity contribution in [1.29, 1.82) is 5.26 Å². The number of thiophene rings is 1. The van der Waals surface area contributed by atoms with Crippen LogP contribution in [0.4, 0.5) is 5.00 Å². The molecule has 1 amide bonds. The van der Waals surface area contributed by atoms with Crippen molar-refractivity contribution in [1.82, 2.24) is 14.8 Å². The summed E-state index contributed by atoms with van der Waals surface area (Å²) in [6, 6.07) is 8.83. The number of aryl methyl sites for hydroxylation is 2. The molecule has 11 heteroatoms. The van der Waals surface area contributed by atoms with Gasteiger partial charge >= 0.3 is 0 Å². The van der Waals surface area contributed by atoms with Crippen LogP contribution in [0, 0.1) is 32.1 Å². The Hall–Kier alpha value is -2.68. The van der Waals surface area contributed by atoms with Crippen molar-refractivity contribution in [3.05, 3.63) is 51.7 Å². The molecule has 2 aromatic heterocycles. The molecule has 0 spiro atoms. The highest BCUT2D eigenvalue weighted by atomic mass is 32.2. The van der Waals surface area contributed by atoms with E-state index in [-0.39, 0.29) is 16.6 Å². The van der Waals surface area contributed by atoms with Crippen molar-refractivity contribution in [3.63, 3.8) is 0 Å². The van der Waals surface area contributed by atoms with Crippen LogP contribution in [0.15, 0.2) is 34.3 Å². The molecule has 0 saturated carbocycles. The number of nitrogens with one attached hydrogen (secondary N) is 1. The van der Waals surface area contributed by atoms with E-state index in [9.17, 15) is 18.5 Å².